The molecule has 3 atom stereocenters. The highest BCUT2D eigenvalue weighted by Crippen LogP contribution is 2.13. The van der Waals surface area contributed by atoms with Gasteiger partial charge in [0, 0.05) is 0 Å². The Bertz CT molecular complexity index is 626. The monoisotopic (exact) mass is 467 g/mol. The van der Waals surface area contributed by atoms with Crippen molar-refractivity contribution >= 4 is 18.2 Å². The number of aliphatic carboxylic acids is 2. The molecule has 1 aromatic rings. The first-order valence-corrected chi connectivity index (χ1v) is 11.8. The van der Waals surface area contributed by atoms with Gasteiger partial charge >= 0.3 is 11.9 Å². The van der Waals surface area contributed by atoms with E-state index in [1.165, 1.54) is 12.8 Å². The number of benzene rings is 1. The Hall–Kier alpha value is -2.29. The van der Waals surface area contributed by atoms with Crippen molar-refractivity contribution in [2.45, 2.75) is 84.3 Å². The molecule has 1 aliphatic heterocycles. The summed E-state index contributed by atoms with van der Waals surface area (Å²) >= 11 is 0. The predicted molar refractivity (Wildman–Crippen MR) is 133 cm³/mol. The molecule has 5 N–H and O–H groups in total. The van der Waals surface area contributed by atoms with E-state index in [1.807, 2.05) is 49.2 Å². The number of likely N-dealkylation sites (N-methyl/N-ethyl adjacent to an activating group) is 1. The van der Waals surface area contributed by atoms with Crippen LogP contribution in [-0.4, -0.2) is 71.6 Å². The largest absolute Gasteiger partial charge is 0.480 e. The molecule has 0 radical (unpaired) electrons. The lowest BCUT2D eigenvalue weighted by Gasteiger charge is -2.16. The summed E-state index contributed by atoms with van der Waals surface area (Å²) in [4.78, 5) is 33.7. The number of carboxylic acid groups (broad SMARTS) is 2. The summed E-state index contributed by atoms with van der Waals surface area (Å²) < 4.78 is 0. The molecular weight excluding hydrogens is 422 g/mol. The van der Waals surface area contributed by atoms with Gasteiger partial charge in [-0.05, 0) is 58.3 Å². The van der Waals surface area contributed by atoms with Gasteiger partial charge in [-0.25, -0.2) is 0 Å². The number of carboxylic acids is 2. The number of carbonyl (C=O) groups is 3. The van der Waals surface area contributed by atoms with Crippen molar-refractivity contribution in [1.29, 1.82) is 0 Å². The van der Waals surface area contributed by atoms with Gasteiger partial charge in [-0.2, -0.15) is 0 Å². The van der Waals surface area contributed by atoms with Gasteiger partial charge < -0.3 is 20.7 Å². The molecule has 2 rings (SSSR count). The Morgan fingerprint density at radius 2 is 1.73 bits per heavy atom. The third-order valence-electron chi connectivity index (χ3n) is 4.84. The summed E-state index contributed by atoms with van der Waals surface area (Å²) in [5.41, 5.74) is 5.94. The third kappa shape index (κ3) is 17.9. The van der Waals surface area contributed by atoms with Gasteiger partial charge in [0.2, 0.25) is 0 Å². The number of rotatable bonds is 9. The van der Waals surface area contributed by atoms with Crippen molar-refractivity contribution in [3.63, 3.8) is 0 Å². The van der Waals surface area contributed by atoms with Crippen LogP contribution in [0.1, 0.15) is 65.4 Å². The van der Waals surface area contributed by atoms with Crippen LogP contribution in [0.2, 0.25) is 0 Å². The average Bonchev–Trinajstić information content (AvgIpc) is 3.24. The lowest BCUT2D eigenvalue weighted by Crippen LogP contribution is -2.43. The Labute approximate surface area is 199 Å². The van der Waals surface area contributed by atoms with Crippen LogP contribution < -0.4 is 11.1 Å². The van der Waals surface area contributed by atoms with Crippen molar-refractivity contribution in [3.8, 4) is 0 Å². The van der Waals surface area contributed by atoms with E-state index in [4.69, 9.17) is 15.9 Å². The van der Waals surface area contributed by atoms with Crippen LogP contribution in [0.3, 0.4) is 0 Å². The molecule has 1 aliphatic rings. The summed E-state index contributed by atoms with van der Waals surface area (Å²) in [5, 5.41) is 20.3. The zero-order valence-electron chi connectivity index (χ0n) is 21.0. The quantitative estimate of drug-likeness (QED) is 0.407. The fraction of sp³-hybridized carbons (Fsp3) is 0.640. The molecule has 0 aliphatic carbocycles. The number of likely N-dealkylation sites (tertiary alicyclic amines) is 1. The second-order valence-corrected chi connectivity index (χ2v) is 7.89. The van der Waals surface area contributed by atoms with E-state index in [1.54, 1.807) is 6.92 Å². The fourth-order valence-electron chi connectivity index (χ4n) is 2.81. The average molecular weight is 468 g/mol. The maximum absolute atomic E-state index is 11.0. The first-order valence-electron chi connectivity index (χ1n) is 11.8. The van der Waals surface area contributed by atoms with Crippen LogP contribution in [0.4, 0.5) is 0 Å². The lowest BCUT2D eigenvalue weighted by atomic mass is 10.0. The SMILES string of the molecule is CC(C=O)NC(CCc1ccccc1)C(=O)O.CCCC.CCN.CN1CCCC1C(=O)O. The Morgan fingerprint density at radius 1 is 1.18 bits per heavy atom. The molecule has 0 bridgehead atoms. The van der Waals surface area contributed by atoms with Gasteiger partial charge in [0.15, 0.2) is 0 Å². The first-order chi connectivity index (χ1) is 15.7. The normalized spacial score (nSPS) is 16.5. The number of hydrogen-bond acceptors (Lipinski definition) is 6. The summed E-state index contributed by atoms with van der Waals surface area (Å²) in [6.07, 6.45) is 6.33. The Kier molecular flexibility index (Phi) is 21.5. The molecular formula is C25H45N3O5. The van der Waals surface area contributed by atoms with Gasteiger partial charge in [-0.3, -0.25) is 19.8 Å². The van der Waals surface area contributed by atoms with Gasteiger partial charge in [-0.1, -0.05) is 63.9 Å². The number of carbonyl (C=O) groups excluding carboxylic acids is 1. The van der Waals surface area contributed by atoms with Crippen LogP contribution in [0.15, 0.2) is 30.3 Å². The standard InChI is InChI=1S/C13H17NO3.C6H11NO2.C4H10.C2H7N/c1-10(9-15)14-12(13(16)17)8-7-11-5-3-2-4-6-11;1-7-4-2-3-5(7)6(8)9;1-3-4-2;1-2-3/h2-6,9-10,12,14H,7-8H2,1H3,(H,16,17);5H,2-4H2,1H3,(H,8,9);3-4H2,1-2H3;2-3H2,1H3. The van der Waals surface area contributed by atoms with E-state index in [0.717, 1.165) is 31.5 Å². The minimum Gasteiger partial charge on any atom is -0.480 e. The molecule has 0 amide bonds. The highest BCUT2D eigenvalue weighted by Gasteiger charge is 2.26. The van der Waals surface area contributed by atoms with Crippen molar-refractivity contribution in [2.24, 2.45) is 5.73 Å². The second-order valence-electron chi connectivity index (χ2n) is 7.89. The van der Waals surface area contributed by atoms with Crippen LogP contribution in [0.25, 0.3) is 0 Å². The Balaban J connectivity index is 0. The van der Waals surface area contributed by atoms with E-state index in [-0.39, 0.29) is 6.04 Å². The van der Waals surface area contributed by atoms with Crippen LogP contribution in [-0.2, 0) is 20.8 Å². The molecule has 1 fully saturated rings. The molecule has 0 aromatic heterocycles. The number of aldehydes is 1. The third-order valence-corrected chi connectivity index (χ3v) is 4.84. The summed E-state index contributed by atoms with van der Waals surface area (Å²) in [6, 6.07) is 8.35. The topological polar surface area (TPSA) is 133 Å². The highest BCUT2D eigenvalue weighted by atomic mass is 16.4. The summed E-state index contributed by atoms with van der Waals surface area (Å²) in [6.45, 7) is 9.59. The van der Waals surface area contributed by atoms with E-state index >= 15 is 0 Å². The maximum atomic E-state index is 11.0. The summed E-state index contributed by atoms with van der Waals surface area (Å²) in [5.74, 6) is -1.61. The van der Waals surface area contributed by atoms with Gasteiger partial charge in [0.1, 0.15) is 18.4 Å². The molecule has 8 heteroatoms. The zero-order valence-corrected chi connectivity index (χ0v) is 21.0. The molecule has 0 saturated carbocycles. The molecule has 33 heavy (non-hydrogen) atoms. The molecule has 3 unspecified atom stereocenters. The summed E-state index contributed by atoms with van der Waals surface area (Å²) in [7, 11) is 1.85. The number of nitrogens with two attached hydrogens (primary N) is 1. The van der Waals surface area contributed by atoms with Gasteiger partial charge in [0.25, 0.3) is 0 Å². The van der Waals surface area contributed by atoms with Crippen molar-refractivity contribution in [1.82, 2.24) is 10.2 Å². The van der Waals surface area contributed by atoms with Gasteiger partial charge in [-0.15, -0.1) is 0 Å². The van der Waals surface area contributed by atoms with Gasteiger partial charge in [0.05, 0.1) is 6.04 Å². The Morgan fingerprint density at radius 3 is 2.06 bits per heavy atom. The fourth-order valence-corrected chi connectivity index (χ4v) is 2.81. The first kappa shape index (κ1) is 32.9. The molecule has 8 nitrogen and oxygen atoms in total. The second kappa shape index (κ2) is 21.6. The predicted octanol–water partition coefficient (Wildman–Crippen LogP) is 3.19. The lowest BCUT2D eigenvalue weighted by molar-refractivity contribution is -0.142. The van der Waals surface area contributed by atoms with Crippen LogP contribution in [0, 0.1) is 0 Å². The minimum atomic E-state index is -0.922. The minimum absolute atomic E-state index is 0.218. The number of hydrogen-bond donors (Lipinski definition) is 4. The van der Waals surface area contributed by atoms with E-state index < -0.39 is 24.0 Å². The number of nitrogens with zero attached hydrogens (tertiary/aromatic N) is 1. The molecule has 1 saturated heterocycles. The zero-order chi connectivity index (χ0) is 25.6. The van der Waals surface area contributed by atoms with Crippen molar-refractivity contribution in [2.75, 3.05) is 20.1 Å². The maximum Gasteiger partial charge on any atom is 0.320 e. The van der Waals surface area contributed by atoms with Crippen LogP contribution in [0.5, 0.6) is 0 Å². The van der Waals surface area contributed by atoms with E-state index in [2.05, 4.69) is 19.2 Å². The van der Waals surface area contributed by atoms with Crippen molar-refractivity contribution in [3.05, 3.63) is 35.9 Å². The molecule has 1 aromatic carbocycles. The number of unbranched alkanes of at least 4 members (excludes halogenated alkanes) is 1. The number of nitrogens with one attached hydrogen (secondary N) is 1. The van der Waals surface area contributed by atoms with Crippen LogP contribution >= 0.6 is 0 Å². The highest BCUT2D eigenvalue weighted by molar-refractivity contribution is 5.74. The molecule has 190 valence electrons. The molecule has 1 heterocycles. The van der Waals surface area contributed by atoms with E-state index in [0.29, 0.717) is 19.1 Å². The molecule has 0 spiro atoms. The smallest absolute Gasteiger partial charge is 0.320 e. The van der Waals surface area contributed by atoms with Crippen molar-refractivity contribution < 1.29 is 24.6 Å². The van der Waals surface area contributed by atoms with E-state index in [9.17, 15) is 14.4 Å². The number of aryl methyl sites for hydroxylation is 1.